The first-order valence-corrected chi connectivity index (χ1v) is 13.4. The number of carboxylic acid groups (broad SMARTS) is 1. The van der Waals surface area contributed by atoms with Gasteiger partial charge in [-0.25, -0.2) is 22.7 Å². The van der Waals surface area contributed by atoms with Crippen molar-refractivity contribution in [3.8, 4) is 0 Å². The molecular formula is C24H25N5O6S. The number of aromatic carboxylic acids is 1. The molecule has 1 unspecified atom stereocenters. The number of sulfone groups is 1. The summed E-state index contributed by atoms with van der Waals surface area (Å²) in [5.41, 5.74) is 3.23. The van der Waals surface area contributed by atoms with Crippen LogP contribution in [0.3, 0.4) is 0 Å². The van der Waals surface area contributed by atoms with E-state index in [4.69, 9.17) is 0 Å². The number of carbonyl (C=O) groups excluding carboxylic acids is 2. The Bertz CT molecular complexity index is 1510. The summed E-state index contributed by atoms with van der Waals surface area (Å²) in [6.07, 6.45) is 3.24. The van der Waals surface area contributed by atoms with Crippen molar-refractivity contribution in [2.24, 2.45) is 5.92 Å². The van der Waals surface area contributed by atoms with Crippen LogP contribution in [0.25, 0.3) is 5.65 Å². The predicted molar refractivity (Wildman–Crippen MR) is 129 cm³/mol. The highest BCUT2D eigenvalue weighted by molar-refractivity contribution is 7.91. The number of amides is 2. The number of carboxylic acids is 1. The summed E-state index contributed by atoms with van der Waals surface area (Å²) >= 11 is 0. The zero-order valence-corrected chi connectivity index (χ0v) is 20.3. The fraction of sp³-hybridized carbons (Fsp3) is 0.375. The van der Waals surface area contributed by atoms with Gasteiger partial charge in [0, 0.05) is 18.7 Å². The van der Waals surface area contributed by atoms with Gasteiger partial charge >= 0.3 is 5.97 Å². The molecule has 188 valence electrons. The van der Waals surface area contributed by atoms with Crippen LogP contribution in [0.2, 0.25) is 0 Å². The number of carbonyl (C=O) groups is 3. The van der Waals surface area contributed by atoms with Crippen molar-refractivity contribution in [2.45, 2.75) is 32.2 Å². The fourth-order valence-corrected chi connectivity index (χ4v) is 6.91. The molecule has 36 heavy (non-hydrogen) atoms. The molecule has 1 saturated heterocycles. The summed E-state index contributed by atoms with van der Waals surface area (Å²) in [6.45, 7) is 1.98. The average molecular weight is 512 g/mol. The highest BCUT2D eigenvalue weighted by Gasteiger charge is 2.30. The molecule has 2 aliphatic rings. The summed E-state index contributed by atoms with van der Waals surface area (Å²) < 4.78 is 24.7. The summed E-state index contributed by atoms with van der Waals surface area (Å²) in [7, 11) is -3.05. The van der Waals surface area contributed by atoms with Gasteiger partial charge in [0.15, 0.2) is 15.5 Å². The van der Waals surface area contributed by atoms with Crippen molar-refractivity contribution >= 4 is 33.3 Å². The Morgan fingerprint density at radius 3 is 2.69 bits per heavy atom. The molecule has 0 bridgehead atoms. The number of nitrogens with one attached hydrogen (secondary N) is 2. The van der Waals surface area contributed by atoms with Crippen LogP contribution >= 0.6 is 0 Å². The molecule has 3 heterocycles. The number of hydrogen-bond acceptors (Lipinski definition) is 7. The summed E-state index contributed by atoms with van der Waals surface area (Å²) in [5.74, 6) is -1.90. The van der Waals surface area contributed by atoms with E-state index < -0.39 is 27.6 Å². The molecule has 1 aliphatic carbocycles. The number of rotatable bonds is 6. The zero-order valence-electron chi connectivity index (χ0n) is 19.5. The second-order valence-corrected chi connectivity index (χ2v) is 11.5. The van der Waals surface area contributed by atoms with Crippen molar-refractivity contribution in [1.82, 2.24) is 25.2 Å². The number of aromatic nitrogens is 3. The van der Waals surface area contributed by atoms with Crippen molar-refractivity contribution in [3.63, 3.8) is 0 Å². The minimum absolute atomic E-state index is 0.0303. The summed E-state index contributed by atoms with van der Waals surface area (Å²) in [4.78, 5) is 41.9. The van der Waals surface area contributed by atoms with Gasteiger partial charge in [-0.2, -0.15) is 5.10 Å². The number of hydrogen-bond donors (Lipinski definition) is 3. The van der Waals surface area contributed by atoms with Crippen LogP contribution in [0, 0.1) is 12.8 Å². The SMILES string of the molecule is Cc1c(C(=O)O)ccc2c1CC[C@@H]2NC(=O)c1cc(C(=O)NCC2CCS(=O)(=O)C2)nc2ccnn12. The van der Waals surface area contributed by atoms with E-state index in [-0.39, 0.29) is 47.0 Å². The van der Waals surface area contributed by atoms with E-state index in [1.165, 1.54) is 16.8 Å². The maximum Gasteiger partial charge on any atom is 0.335 e. The first-order chi connectivity index (χ1) is 17.1. The Morgan fingerprint density at radius 2 is 1.97 bits per heavy atom. The molecule has 1 aliphatic heterocycles. The van der Waals surface area contributed by atoms with Crippen molar-refractivity contribution in [3.05, 3.63) is 64.1 Å². The fourth-order valence-electron chi connectivity index (χ4n) is 5.05. The lowest BCUT2D eigenvalue weighted by molar-refractivity contribution is 0.0695. The second-order valence-electron chi connectivity index (χ2n) is 9.28. The standard InChI is InChI=1S/C24H25N5O6S/c1-13-15-4-5-18(17(15)3-2-16(13)24(32)33)28-23(31)20-10-19(27-21-6-8-26-29(20)21)22(30)25-11-14-7-9-36(34,35)12-14/h2-3,6,8,10,14,18H,4-5,7,9,11-12H2,1H3,(H,25,30)(H,28,31)(H,32,33)/t14?,18-/m0/s1. The third-order valence-electron chi connectivity index (χ3n) is 6.93. The molecule has 0 saturated carbocycles. The number of fused-ring (bicyclic) bond motifs is 2. The lowest BCUT2D eigenvalue weighted by Gasteiger charge is -2.16. The van der Waals surface area contributed by atoms with E-state index in [2.05, 4.69) is 20.7 Å². The second kappa shape index (κ2) is 9.01. The average Bonchev–Trinajstić information content (AvgIpc) is 3.55. The minimum atomic E-state index is -3.05. The zero-order chi connectivity index (χ0) is 25.6. The molecular weight excluding hydrogens is 486 g/mol. The predicted octanol–water partition coefficient (Wildman–Crippen LogP) is 1.32. The topological polar surface area (TPSA) is 160 Å². The van der Waals surface area contributed by atoms with Crippen molar-refractivity contribution in [1.29, 1.82) is 0 Å². The third-order valence-corrected chi connectivity index (χ3v) is 8.77. The Balaban J connectivity index is 1.36. The van der Waals surface area contributed by atoms with Gasteiger partial charge < -0.3 is 15.7 Å². The maximum atomic E-state index is 13.3. The molecule has 0 spiro atoms. The van der Waals surface area contributed by atoms with Gasteiger partial charge in [-0.1, -0.05) is 6.07 Å². The Morgan fingerprint density at radius 1 is 1.17 bits per heavy atom. The van der Waals surface area contributed by atoms with Crippen LogP contribution in [-0.4, -0.2) is 64.0 Å². The molecule has 1 fully saturated rings. The Kier molecular flexibility index (Phi) is 5.99. The molecule has 3 aromatic rings. The van der Waals surface area contributed by atoms with E-state index in [1.807, 2.05) is 0 Å². The van der Waals surface area contributed by atoms with Gasteiger partial charge in [-0.05, 0) is 54.9 Å². The molecule has 3 N–H and O–H groups in total. The Hall–Kier alpha value is -3.80. The third kappa shape index (κ3) is 4.43. The maximum absolute atomic E-state index is 13.3. The largest absolute Gasteiger partial charge is 0.478 e. The van der Waals surface area contributed by atoms with Gasteiger partial charge in [0.1, 0.15) is 11.4 Å². The summed E-state index contributed by atoms with van der Waals surface area (Å²) in [5, 5.41) is 19.3. The number of nitrogens with zero attached hydrogens (tertiary/aromatic N) is 3. The molecule has 2 atom stereocenters. The lowest BCUT2D eigenvalue weighted by atomic mass is 9.98. The molecule has 5 rings (SSSR count). The molecule has 2 aromatic heterocycles. The monoisotopic (exact) mass is 511 g/mol. The molecule has 0 radical (unpaired) electrons. The normalized spacial score (nSPS) is 20.2. The van der Waals surface area contributed by atoms with E-state index in [9.17, 15) is 27.9 Å². The highest BCUT2D eigenvalue weighted by Crippen LogP contribution is 2.35. The van der Waals surface area contributed by atoms with Gasteiger partial charge in [0.25, 0.3) is 11.8 Å². The summed E-state index contributed by atoms with van der Waals surface area (Å²) in [6, 6.07) is 5.93. The van der Waals surface area contributed by atoms with Crippen LogP contribution in [0.15, 0.2) is 30.5 Å². The first kappa shape index (κ1) is 23.9. The van der Waals surface area contributed by atoms with Crippen LogP contribution < -0.4 is 10.6 Å². The van der Waals surface area contributed by atoms with Crippen molar-refractivity contribution in [2.75, 3.05) is 18.1 Å². The van der Waals surface area contributed by atoms with Gasteiger partial charge in [0.2, 0.25) is 0 Å². The van der Waals surface area contributed by atoms with Crippen LogP contribution in [0.5, 0.6) is 0 Å². The van der Waals surface area contributed by atoms with Gasteiger partial charge in [-0.3, -0.25) is 9.59 Å². The van der Waals surface area contributed by atoms with Gasteiger partial charge in [0.05, 0.1) is 29.3 Å². The van der Waals surface area contributed by atoms with Gasteiger partial charge in [-0.15, -0.1) is 0 Å². The van der Waals surface area contributed by atoms with Crippen LogP contribution in [-0.2, 0) is 16.3 Å². The highest BCUT2D eigenvalue weighted by atomic mass is 32.2. The van der Waals surface area contributed by atoms with Crippen molar-refractivity contribution < 1.29 is 27.9 Å². The van der Waals surface area contributed by atoms with Crippen LogP contribution in [0.1, 0.15) is 66.9 Å². The first-order valence-electron chi connectivity index (χ1n) is 11.6. The van der Waals surface area contributed by atoms with E-state index >= 15 is 0 Å². The molecule has 12 heteroatoms. The van der Waals surface area contributed by atoms with E-state index in [0.29, 0.717) is 30.5 Å². The quantitative estimate of drug-likeness (QED) is 0.447. The van der Waals surface area contributed by atoms with Crippen LogP contribution in [0.4, 0.5) is 0 Å². The molecule has 1 aromatic carbocycles. The molecule has 2 amide bonds. The van der Waals surface area contributed by atoms with E-state index in [1.54, 1.807) is 25.1 Å². The van der Waals surface area contributed by atoms with E-state index in [0.717, 1.165) is 11.1 Å². The number of benzene rings is 1. The minimum Gasteiger partial charge on any atom is -0.478 e. The Labute approximate surface area is 206 Å². The smallest absolute Gasteiger partial charge is 0.335 e. The molecule has 11 nitrogen and oxygen atoms in total. The lowest BCUT2D eigenvalue weighted by Crippen LogP contribution is -2.32.